The summed E-state index contributed by atoms with van der Waals surface area (Å²) in [6.07, 6.45) is 1.36. The molecule has 1 aromatic rings. The van der Waals surface area contributed by atoms with Gasteiger partial charge in [-0.05, 0) is 12.0 Å². The fraction of sp³-hybridized carbons (Fsp3) is 0.545. The maximum absolute atomic E-state index is 11.8. The summed E-state index contributed by atoms with van der Waals surface area (Å²) in [6.45, 7) is 5.26. The van der Waals surface area contributed by atoms with Gasteiger partial charge in [-0.15, -0.1) is 0 Å². The number of nitrogens with one attached hydrogen (secondary N) is 1. The number of pyridine rings is 1. The first-order valence-corrected chi connectivity index (χ1v) is 7.19. The Bertz CT molecular complexity index is 474. The van der Waals surface area contributed by atoms with Gasteiger partial charge in [-0.3, -0.25) is 0 Å². The Kier molecular flexibility index (Phi) is 5.52. The summed E-state index contributed by atoms with van der Waals surface area (Å²) in [7, 11) is -3.53. The highest BCUT2D eigenvalue weighted by Crippen LogP contribution is 2.09. The first kappa shape index (κ1) is 14.9. The van der Waals surface area contributed by atoms with Gasteiger partial charge in [0.2, 0.25) is 10.0 Å². The maximum Gasteiger partial charge on any atom is 0.240 e. The van der Waals surface area contributed by atoms with Crippen molar-refractivity contribution in [1.29, 1.82) is 0 Å². The Hall–Kier alpha value is -1.18. The molecular formula is C11H19N3O3S. The molecule has 7 heteroatoms. The van der Waals surface area contributed by atoms with E-state index in [4.69, 9.17) is 10.5 Å². The van der Waals surface area contributed by atoms with Crippen LogP contribution in [-0.4, -0.2) is 33.2 Å². The van der Waals surface area contributed by atoms with Gasteiger partial charge in [-0.1, -0.05) is 13.8 Å². The van der Waals surface area contributed by atoms with Crippen molar-refractivity contribution in [3.05, 3.63) is 18.3 Å². The van der Waals surface area contributed by atoms with Crippen LogP contribution in [0.2, 0.25) is 0 Å². The Morgan fingerprint density at radius 1 is 1.50 bits per heavy atom. The van der Waals surface area contributed by atoms with Crippen molar-refractivity contribution in [3.8, 4) is 0 Å². The van der Waals surface area contributed by atoms with E-state index in [-0.39, 0.29) is 17.3 Å². The van der Waals surface area contributed by atoms with Crippen molar-refractivity contribution in [2.45, 2.75) is 18.7 Å². The fourth-order valence-corrected chi connectivity index (χ4v) is 2.28. The van der Waals surface area contributed by atoms with Crippen LogP contribution in [0.25, 0.3) is 0 Å². The van der Waals surface area contributed by atoms with Crippen LogP contribution in [0.15, 0.2) is 23.2 Å². The Labute approximate surface area is 108 Å². The van der Waals surface area contributed by atoms with Crippen molar-refractivity contribution in [2.24, 2.45) is 5.92 Å². The lowest BCUT2D eigenvalue weighted by molar-refractivity contribution is 0.114. The topological polar surface area (TPSA) is 94.3 Å². The average Bonchev–Trinajstić information content (AvgIpc) is 2.28. The zero-order valence-electron chi connectivity index (χ0n) is 10.6. The molecule has 0 radical (unpaired) electrons. The minimum Gasteiger partial charge on any atom is -0.384 e. The van der Waals surface area contributed by atoms with Gasteiger partial charge in [0, 0.05) is 25.4 Å². The smallest absolute Gasteiger partial charge is 0.240 e. The summed E-state index contributed by atoms with van der Waals surface area (Å²) in [4.78, 5) is 3.85. The van der Waals surface area contributed by atoms with Crippen molar-refractivity contribution in [1.82, 2.24) is 9.71 Å². The maximum atomic E-state index is 11.8. The third-order valence-electron chi connectivity index (χ3n) is 2.05. The molecule has 0 aromatic carbocycles. The molecule has 0 fully saturated rings. The number of nitrogen functional groups attached to an aromatic ring is 1. The van der Waals surface area contributed by atoms with E-state index >= 15 is 0 Å². The van der Waals surface area contributed by atoms with Gasteiger partial charge in [0.15, 0.2) is 0 Å². The highest BCUT2D eigenvalue weighted by atomic mass is 32.2. The first-order chi connectivity index (χ1) is 8.42. The van der Waals surface area contributed by atoms with E-state index in [9.17, 15) is 8.42 Å². The molecule has 3 N–H and O–H groups in total. The van der Waals surface area contributed by atoms with Crippen LogP contribution in [-0.2, 0) is 14.8 Å². The van der Waals surface area contributed by atoms with Gasteiger partial charge in [0.1, 0.15) is 5.82 Å². The Morgan fingerprint density at radius 2 is 2.22 bits per heavy atom. The van der Waals surface area contributed by atoms with Gasteiger partial charge >= 0.3 is 0 Å². The van der Waals surface area contributed by atoms with Crippen LogP contribution >= 0.6 is 0 Å². The van der Waals surface area contributed by atoms with Crippen molar-refractivity contribution in [2.75, 3.05) is 25.5 Å². The number of sulfonamides is 1. The van der Waals surface area contributed by atoms with Crippen LogP contribution in [0.4, 0.5) is 5.82 Å². The predicted octanol–water partition coefficient (Wildman–Crippen LogP) is 0.615. The molecule has 0 atom stereocenters. The molecule has 1 heterocycles. The largest absolute Gasteiger partial charge is 0.384 e. The first-order valence-electron chi connectivity index (χ1n) is 5.71. The van der Waals surface area contributed by atoms with Crippen LogP contribution in [0, 0.1) is 5.92 Å². The van der Waals surface area contributed by atoms with E-state index in [0.717, 1.165) is 0 Å². The number of nitrogens with zero attached hydrogens (tertiary/aromatic N) is 1. The predicted molar refractivity (Wildman–Crippen MR) is 69.5 cm³/mol. The second-order valence-electron chi connectivity index (χ2n) is 4.28. The number of aromatic nitrogens is 1. The Balaban J connectivity index is 2.46. The number of hydrogen-bond acceptors (Lipinski definition) is 5. The molecule has 0 bridgehead atoms. The number of rotatable bonds is 7. The van der Waals surface area contributed by atoms with Crippen LogP contribution in [0.5, 0.6) is 0 Å². The summed E-state index contributed by atoms with van der Waals surface area (Å²) in [5.41, 5.74) is 5.44. The molecule has 1 aromatic heterocycles. The number of nitrogens with two attached hydrogens (primary N) is 1. The normalized spacial score (nSPS) is 11.9. The second kappa shape index (κ2) is 6.67. The third-order valence-corrected chi connectivity index (χ3v) is 3.51. The van der Waals surface area contributed by atoms with Crippen LogP contribution < -0.4 is 10.5 Å². The molecule has 0 saturated carbocycles. The van der Waals surface area contributed by atoms with E-state index in [1.54, 1.807) is 0 Å². The lowest BCUT2D eigenvalue weighted by atomic mass is 10.2. The standard InChI is InChI=1S/C11H19N3O3S/c1-9(2)8-17-6-5-14-18(15,16)10-3-4-13-11(12)7-10/h3-4,7,9,14H,5-6,8H2,1-2H3,(H2,12,13). The van der Waals surface area contributed by atoms with Gasteiger partial charge in [-0.25, -0.2) is 18.1 Å². The molecule has 0 saturated heterocycles. The molecule has 0 spiro atoms. The molecule has 0 aliphatic rings. The van der Waals surface area contributed by atoms with Gasteiger partial charge < -0.3 is 10.5 Å². The molecule has 1 rings (SSSR count). The molecule has 0 aliphatic heterocycles. The number of anilines is 1. The van der Waals surface area contributed by atoms with Crippen molar-refractivity contribution >= 4 is 15.8 Å². The molecule has 0 unspecified atom stereocenters. The highest BCUT2D eigenvalue weighted by Gasteiger charge is 2.13. The van der Waals surface area contributed by atoms with Gasteiger partial charge in [0.25, 0.3) is 0 Å². The molecule has 102 valence electrons. The summed E-state index contributed by atoms with van der Waals surface area (Å²) in [5.74, 6) is 0.607. The summed E-state index contributed by atoms with van der Waals surface area (Å²) >= 11 is 0. The van der Waals surface area contributed by atoms with E-state index in [1.807, 2.05) is 13.8 Å². The minimum absolute atomic E-state index is 0.110. The molecular weight excluding hydrogens is 254 g/mol. The monoisotopic (exact) mass is 273 g/mol. The zero-order valence-corrected chi connectivity index (χ0v) is 11.4. The third kappa shape index (κ3) is 4.99. The van der Waals surface area contributed by atoms with Gasteiger partial charge in [-0.2, -0.15) is 0 Å². The van der Waals surface area contributed by atoms with Crippen LogP contribution in [0.1, 0.15) is 13.8 Å². The Morgan fingerprint density at radius 3 is 2.83 bits per heavy atom. The van der Waals surface area contributed by atoms with Crippen molar-refractivity contribution in [3.63, 3.8) is 0 Å². The van der Waals surface area contributed by atoms with E-state index in [0.29, 0.717) is 19.1 Å². The molecule has 6 nitrogen and oxygen atoms in total. The molecule has 0 amide bonds. The lowest BCUT2D eigenvalue weighted by Gasteiger charge is -2.09. The highest BCUT2D eigenvalue weighted by molar-refractivity contribution is 7.89. The SMILES string of the molecule is CC(C)COCCNS(=O)(=O)c1ccnc(N)c1. The van der Waals surface area contributed by atoms with E-state index in [2.05, 4.69) is 9.71 Å². The molecule has 0 aliphatic carbocycles. The van der Waals surface area contributed by atoms with E-state index in [1.165, 1.54) is 18.3 Å². The van der Waals surface area contributed by atoms with E-state index < -0.39 is 10.0 Å². The summed E-state index contributed by atoms with van der Waals surface area (Å²) < 4.78 is 31.4. The van der Waals surface area contributed by atoms with Gasteiger partial charge in [0.05, 0.1) is 11.5 Å². The zero-order chi connectivity index (χ0) is 13.6. The fourth-order valence-electron chi connectivity index (χ4n) is 1.25. The number of ether oxygens (including phenoxy) is 1. The molecule has 18 heavy (non-hydrogen) atoms. The quantitative estimate of drug-likeness (QED) is 0.710. The summed E-state index contributed by atoms with van der Waals surface area (Å²) in [6, 6.07) is 2.71. The van der Waals surface area contributed by atoms with Crippen LogP contribution in [0.3, 0.4) is 0 Å². The lowest BCUT2D eigenvalue weighted by Crippen LogP contribution is -2.28. The minimum atomic E-state index is -3.53. The van der Waals surface area contributed by atoms with Crippen molar-refractivity contribution < 1.29 is 13.2 Å². The average molecular weight is 273 g/mol. The summed E-state index contributed by atoms with van der Waals surface area (Å²) in [5, 5.41) is 0. The number of hydrogen-bond donors (Lipinski definition) is 2. The second-order valence-corrected chi connectivity index (χ2v) is 6.05.